The normalized spacial score (nSPS) is 15.9. The Hall–Kier alpha value is -3.46. The molecule has 3 aromatic rings. The maximum absolute atomic E-state index is 9.67. The van der Waals surface area contributed by atoms with Crippen molar-refractivity contribution >= 4 is 11.5 Å². The molecule has 6 heteroatoms. The van der Waals surface area contributed by atoms with E-state index in [1.54, 1.807) is 24.3 Å². The van der Waals surface area contributed by atoms with E-state index < -0.39 is 0 Å². The molecule has 0 radical (unpaired) electrons. The predicted octanol–water partition coefficient (Wildman–Crippen LogP) is 3.11. The van der Waals surface area contributed by atoms with Crippen molar-refractivity contribution in [3.05, 3.63) is 59.7 Å². The van der Waals surface area contributed by atoms with Crippen LogP contribution in [0, 0.1) is 11.3 Å². The van der Waals surface area contributed by atoms with Crippen LogP contribution in [-0.2, 0) is 0 Å². The topological polar surface area (TPSA) is 99.9 Å². The van der Waals surface area contributed by atoms with E-state index >= 15 is 0 Å². The van der Waals surface area contributed by atoms with Gasteiger partial charge in [-0.05, 0) is 42.3 Å². The first-order valence-electron chi connectivity index (χ1n) is 8.09. The third kappa shape index (κ3) is 2.46. The van der Waals surface area contributed by atoms with Crippen LogP contribution in [0.25, 0.3) is 11.3 Å². The summed E-state index contributed by atoms with van der Waals surface area (Å²) in [5.74, 6) is 0.893. The number of anilines is 2. The lowest BCUT2D eigenvalue weighted by Gasteiger charge is -2.27. The number of phenolic OH excluding ortho intramolecular Hbond substituents is 1. The fraction of sp³-hybridized carbons (Fsp3) is 0.158. The molecule has 0 saturated heterocycles. The second kappa shape index (κ2) is 5.87. The zero-order valence-electron chi connectivity index (χ0n) is 13.5. The molecule has 0 amide bonds. The van der Waals surface area contributed by atoms with Crippen LogP contribution in [0.5, 0.6) is 5.75 Å². The van der Waals surface area contributed by atoms with Crippen molar-refractivity contribution in [2.45, 2.75) is 12.5 Å². The Morgan fingerprint density at radius 3 is 2.68 bits per heavy atom. The maximum atomic E-state index is 9.67. The summed E-state index contributed by atoms with van der Waals surface area (Å²) >= 11 is 0. The number of rotatable bonds is 2. The van der Waals surface area contributed by atoms with Gasteiger partial charge < -0.3 is 16.2 Å². The highest BCUT2D eigenvalue weighted by Crippen LogP contribution is 2.37. The number of nitrogen functional groups attached to an aromatic ring is 1. The Morgan fingerprint density at radius 1 is 1.20 bits per heavy atom. The third-order valence-corrected chi connectivity index (χ3v) is 4.52. The number of aromatic nitrogens is 2. The van der Waals surface area contributed by atoms with Crippen LogP contribution in [0.15, 0.2) is 48.5 Å². The van der Waals surface area contributed by atoms with Crippen LogP contribution < -0.4 is 11.1 Å². The van der Waals surface area contributed by atoms with Crippen LogP contribution in [-0.4, -0.2) is 21.4 Å². The highest BCUT2D eigenvalue weighted by atomic mass is 16.3. The van der Waals surface area contributed by atoms with Crippen molar-refractivity contribution in [3.8, 4) is 23.1 Å². The molecule has 4 rings (SSSR count). The minimum atomic E-state index is -0.0181. The molecule has 0 bridgehead atoms. The van der Waals surface area contributed by atoms with Gasteiger partial charge in [0.1, 0.15) is 28.9 Å². The smallest absolute Gasteiger partial charge is 0.143 e. The first-order valence-corrected chi connectivity index (χ1v) is 8.09. The van der Waals surface area contributed by atoms with E-state index in [1.807, 2.05) is 28.9 Å². The molecule has 2 aromatic carbocycles. The highest BCUT2D eigenvalue weighted by Gasteiger charge is 2.29. The van der Waals surface area contributed by atoms with Gasteiger partial charge in [0.2, 0.25) is 0 Å². The Kier molecular flexibility index (Phi) is 3.55. The molecule has 0 aliphatic carbocycles. The summed E-state index contributed by atoms with van der Waals surface area (Å²) in [6, 6.07) is 16.7. The number of fused-ring (bicyclic) bond motifs is 1. The van der Waals surface area contributed by atoms with Gasteiger partial charge in [-0.25, -0.2) is 4.68 Å². The quantitative estimate of drug-likeness (QED) is 0.627. The molecule has 1 atom stereocenters. The minimum absolute atomic E-state index is 0.0181. The van der Waals surface area contributed by atoms with Crippen molar-refractivity contribution in [2.75, 3.05) is 17.6 Å². The molecular formula is C19H17N5O. The van der Waals surface area contributed by atoms with Crippen LogP contribution in [0.2, 0.25) is 0 Å². The number of hydrogen-bond acceptors (Lipinski definition) is 5. The summed E-state index contributed by atoms with van der Waals surface area (Å²) in [6.45, 7) is 0.744. The number of aromatic hydroxyl groups is 1. The van der Waals surface area contributed by atoms with Gasteiger partial charge in [-0.3, -0.25) is 0 Å². The Labute approximate surface area is 145 Å². The van der Waals surface area contributed by atoms with E-state index in [4.69, 9.17) is 10.8 Å². The zero-order chi connectivity index (χ0) is 17.4. The average Bonchev–Trinajstić information content (AvgIpc) is 3.01. The van der Waals surface area contributed by atoms with E-state index in [1.165, 1.54) is 0 Å². The first-order chi connectivity index (χ1) is 12.2. The number of nitrogens with zero attached hydrogens (tertiary/aromatic N) is 3. The number of phenols is 1. The fourth-order valence-electron chi connectivity index (χ4n) is 3.31. The Bertz CT molecular complexity index is 968. The summed E-state index contributed by atoms with van der Waals surface area (Å²) in [4.78, 5) is 0. The number of nitrogens with two attached hydrogens (primary N) is 1. The van der Waals surface area contributed by atoms with E-state index in [0.29, 0.717) is 17.1 Å². The van der Waals surface area contributed by atoms with E-state index in [0.717, 1.165) is 29.8 Å². The van der Waals surface area contributed by atoms with Gasteiger partial charge in [-0.15, -0.1) is 0 Å². The molecule has 1 unspecified atom stereocenters. The van der Waals surface area contributed by atoms with Crippen molar-refractivity contribution in [2.24, 2.45) is 0 Å². The fourth-order valence-corrected chi connectivity index (χ4v) is 3.31. The molecule has 1 aliphatic heterocycles. The molecule has 1 aromatic heterocycles. The molecule has 6 nitrogen and oxygen atoms in total. The van der Waals surface area contributed by atoms with Crippen molar-refractivity contribution in [1.82, 2.24) is 9.78 Å². The highest BCUT2D eigenvalue weighted by molar-refractivity contribution is 5.74. The summed E-state index contributed by atoms with van der Waals surface area (Å²) in [5, 5.41) is 27.2. The van der Waals surface area contributed by atoms with Crippen LogP contribution in [0.1, 0.15) is 23.6 Å². The first kappa shape index (κ1) is 15.1. The Balaban J connectivity index is 1.88. The molecule has 4 N–H and O–H groups in total. The summed E-state index contributed by atoms with van der Waals surface area (Å²) in [5.41, 5.74) is 9.79. The number of nitriles is 1. The molecule has 2 heterocycles. The SMILES string of the molecule is N#Cc1c(-c2ccc(O)cc2)nn2c1NCCC2c1ccccc1N. The van der Waals surface area contributed by atoms with Crippen molar-refractivity contribution in [3.63, 3.8) is 0 Å². The van der Waals surface area contributed by atoms with E-state index in [9.17, 15) is 10.4 Å². The second-order valence-electron chi connectivity index (χ2n) is 6.04. The summed E-state index contributed by atoms with van der Waals surface area (Å²) in [7, 11) is 0. The largest absolute Gasteiger partial charge is 0.508 e. The van der Waals surface area contributed by atoms with E-state index in [2.05, 4.69) is 11.4 Å². The predicted molar refractivity (Wildman–Crippen MR) is 96.1 cm³/mol. The number of hydrogen-bond donors (Lipinski definition) is 3. The van der Waals surface area contributed by atoms with E-state index in [-0.39, 0.29) is 11.8 Å². The van der Waals surface area contributed by atoms with Gasteiger partial charge in [-0.1, -0.05) is 18.2 Å². The number of para-hydroxylation sites is 1. The van der Waals surface area contributed by atoms with Gasteiger partial charge >= 0.3 is 0 Å². The maximum Gasteiger partial charge on any atom is 0.143 e. The summed E-state index contributed by atoms with van der Waals surface area (Å²) < 4.78 is 1.86. The second-order valence-corrected chi connectivity index (χ2v) is 6.04. The lowest BCUT2D eigenvalue weighted by Crippen LogP contribution is -2.25. The molecule has 124 valence electrons. The molecular weight excluding hydrogens is 314 g/mol. The summed E-state index contributed by atoms with van der Waals surface area (Å²) in [6.07, 6.45) is 0.836. The lowest BCUT2D eigenvalue weighted by atomic mass is 10.0. The minimum Gasteiger partial charge on any atom is -0.508 e. The van der Waals surface area contributed by atoms with Crippen LogP contribution in [0.3, 0.4) is 0 Å². The molecule has 0 fully saturated rings. The lowest BCUT2D eigenvalue weighted by molar-refractivity contribution is 0.475. The molecule has 0 saturated carbocycles. The third-order valence-electron chi connectivity index (χ3n) is 4.52. The standard InChI is InChI=1S/C19H17N5O/c20-11-15-18(12-5-7-13(25)8-6-12)23-24-17(9-10-22-19(15)24)14-3-1-2-4-16(14)21/h1-8,17,22,25H,9-10,21H2. The van der Waals surface area contributed by atoms with Gasteiger partial charge in [0.15, 0.2) is 0 Å². The zero-order valence-corrected chi connectivity index (χ0v) is 13.5. The number of nitrogens with one attached hydrogen (secondary N) is 1. The number of benzene rings is 2. The average molecular weight is 331 g/mol. The Morgan fingerprint density at radius 2 is 1.96 bits per heavy atom. The molecule has 1 aliphatic rings. The monoisotopic (exact) mass is 331 g/mol. The van der Waals surface area contributed by atoms with Crippen LogP contribution >= 0.6 is 0 Å². The van der Waals surface area contributed by atoms with Crippen molar-refractivity contribution < 1.29 is 5.11 Å². The van der Waals surface area contributed by atoms with Gasteiger partial charge in [0, 0.05) is 17.8 Å². The van der Waals surface area contributed by atoms with Gasteiger partial charge in [-0.2, -0.15) is 10.4 Å². The van der Waals surface area contributed by atoms with Crippen LogP contribution in [0.4, 0.5) is 11.5 Å². The molecule has 0 spiro atoms. The molecule has 25 heavy (non-hydrogen) atoms. The van der Waals surface area contributed by atoms with Gasteiger partial charge in [0.05, 0.1) is 6.04 Å². The van der Waals surface area contributed by atoms with Crippen molar-refractivity contribution in [1.29, 1.82) is 5.26 Å². The van der Waals surface area contributed by atoms with Gasteiger partial charge in [0.25, 0.3) is 0 Å².